The van der Waals surface area contributed by atoms with E-state index in [2.05, 4.69) is 20.4 Å². The van der Waals surface area contributed by atoms with Crippen LogP contribution in [0.1, 0.15) is 11.5 Å². The fourth-order valence-corrected chi connectivity index (χ4v) is 1.44. The minimum atomic E-state index is -4.28. The highest BCUT2D eigenvalue weighted by atomic mass is 19.4. The number of nitrogens with zero attached hydrogens (tertiary/aromatic N) is 3. The van der Waals surface area contributed by atoms with Gasteiger partial charge in [-0.1, -0.05) is 0 Å². The number of aromatic amines is 1. The third kappa shape index (κ3) is 2.86. The minimum Gasteiger partial charge on any atom is -0.302 e. The Morgan fingerprint density at radius 1 is 1.44 bits per heavy atom. The highest BCUT2D eigenvalue weighted by molar-refractivity contribution is 5.27. The molecular weight excluding hydrogens is 251 g/mol. The van der Waals surface area contributed by atoms with E-state index in [0.717, 1.165) is 4.52 Å². The normalized spacial score (nSPS) is 12.2. The molecule has 0 spiro atoms. The molecule has 0 aromatic carbocycles. The molecule has 0 radical (unpaired) electrons. The van der Waals surface area contributed by atoms with E-state index in [-0.39, 0.29) is 23.7 Å². The molecule has 9 heteroatoms. The van der Waals surface area contributed by atoms with E-state index in [0.29, 0.717) is 5.69 Å². The maximum atomic E-state index is 11.9. The molecule has 6 nitrogen and oxygen atoms in total. The van der Waals surface area contributed by atoms with Gasteiger partial charge in [0.05, 0.1) is 13.1 Å². The summed E-state index contributed by atoms with van der Waals surface area (Å²) in [5.41, 5.74) is 0.147. The molecular formula is C9H10F3N5O. The van der Waals surface area contributed by atoms with E-state index in [4.69, 9.17) is 0 Å². The Hall–Kier alpha value is -1.90. The highest BCUT2D eigenvalue weighted by Crippen LogP contribution is 2.12. The Labute approximate surface area is 98.8 Å². The lowest BCUT2D eigenvalue weighted by Gasteiger charge is -2.05. The van der Waals surface area contributed by atoms with Crippen molar-refractivity contribution in [3.63, 3.8) is 0 Å². The summed E-state index contributed by atoms with van der Waals surface area (Å²) >= 11 is 0. The number of alkyl halides is 3. The summed E-state index contributed by atoms with van der Waals surface area (Å²) < 4.78 is 36.8. The number of hydrogen-bond acceptors (Lipinski definition) is 4. The topological polar surface area (TPSA) is 75.1 Å². The van der Waals surface area contributed by atoms with Crippen LogP contribution in [-0.2, 0) is 6.54 Å². The predicted molar refractivity (Wildman–Crippen MR) is 56.1 cm³/mol. The fraction of sp³-hybridized carbons (Fsp3) is 0.444. The molecule has 0 aliphatic rings. The summed E-state index contributed by atoms with van der Waals surface area (Å²) in [6.07, 6.45) is -4.28. The number of aromatic nitrogens is 4. The first kappa shape index (κ1) is 12.6. The average Bonchev–Trinajstić information content (AvgIpc) is 2.58. The lowest BCUT2D eigenvalue weighted by atomic mass is 10.5. The number of rotatable bonds is 3. The largest absolute Gasteiger partial charge is 0.401 e. The van der Waals surface area contributed by atoms with Crippen LogP contribution in [0.25, 0.3) is 5.78 Å². The molecule has 0 saturated carbocycles. The molecule has 0 unspecified atom stereocenters. The van der Waals surface area contributed by atoms with Crippen LogP contribution >= 0.6 is 0 Å². The van der Waals surface area contributed by atoms with Crippen molar-refractivity contribution in [3.05, 3.63) is 27.9 Å². The maximum absolute atomic E-state index is 11.9. The molecule has 0 atom stereocenters. The standard InChI is InChI=1S/C9H10F3N5O/c1-5-2-7(18)17-8(14-5)15-6(16-17)3-13-4-9(10,11)12/h2,13H,3-4H2,1H3,(H,14,15,16). The van der Waals surface area contributed by atoms with Crippen LogP contribution < -0.4 is 10.9 Å². The number of aryl methyl sites for hydroxylation is 1. The van der Waals surface area contributed by atoms with E-state index in [1.165, 1.54) is 6.07 Å². The van der Waals surface area contributed by atoms with Gasteiger partial charge in [0.15, 0.2) is 0 Å². The monoisotopic (exact) mass is 261 g/mol. The third-order valence-corrected chi connectivity index (χ3v) is 2.12. The minimum absolute atomic E-state index is 0.124. The van der Waals surface area contributed by atoms with Crippen LogP contribution in [0.5, 0.6) is 0 Å². The van der Waals surface area contributed by atoms with Gasteiger partial charge < -0.3 is 5.32 Å². The molecule has 0 amide bonds. The van der Waals surface area contributed by atoms with Gasteiger partial charge in [-0.15, -0.1) is 0 Å². The van der Waals surface area contributed by atoms with Gasteiger partial charge >= 0.3 is 6.18 Å². The van der Waals surface area contributed by atoms with E-state index in [1.54, 1.807) is 6.92 Å². The van der Waals surface area contributed by atoms with Crippen LogP contribution in [0.3, 0.4) is 0 Å². The molecule has 18 heavy (non-hydrogen) atoms. The van der Waals surface area contributed by atoms with Crippen LogP contribution in [0.15, 0.2) is 10.9 Å². The number of H-pyrrole nitrogens is 1. The van der Waals surface area contributed by atoms with Crippen molar-refractivity contribution in [1.82, 2.24) is 24.9 Å². The molecule has 0 saturated heterocycles. The highest BCUT2D eigenvalue weighted by Gasteiger charge is 2.26. The molecule has 2 N–H and O–H groups in total. The van der Waals surface area contributed by atoms with Crippen molar-refractivity contribution >= 4 is 5.78 Å². The van der Waals surface area contributed by atoms with Crippen LogP contribution in [-0.4, -0.2) is 32.3 Å². The Morgan fingerprint density at radius 3 is 2.83 bits per heavy atom. The van der Waals surface area contributed by atoms with Crippen molar-refractivity contribution in [2.24, 2.45) is 0 Å². The van der Waals surface area contributed by atoms with Gasteiger partial charge in [0.2, 0.25) is 0 Å². The fourth-order valence-electron chi connectivity index (χ4n) is 1.44. The molecule has 2 rings (SSSR count). The van der Waals surface area contributed by atoms with Gasteiger partial charge in [0.1, 0.15) is 5.82 Å². The predicted octanol–water partition coefficient (Wildman–Crippen LogP) is 0.378. The van der Waals surface area contributed by atoms with Crippen LogP contribution in [0.4, 0.5) is 13.2 Å². The summed E-state index contributed by atoms with van der Waals surface area (Å²) in [7, 11) is 0. The SMILES string of the molecule is Cc1cc(=O)n2[nH]c(CNCC(F)(F)F)nc2n1. The van der Waals surface area contributed by atoms with E-state index >= 15 is 0 Å². The zero-order chi connectivity index (χ0) is 13.3. The summed E-state index contributed by atoms with van der Waals surface area (Å²) in [4.78, 5) is 19.4. The summed E-state index contributed by atoms with van der Waals surface area (Å²) in [5.74, 6) is 0.359. The molecule has 0 aliphatic carbocycles. The van der Waals surface area contributed by atoms with Gasteiger partial charge in [-0.05, 0) is 6.92 Å². The van der Waals surface area contributed by atoms with E-state index in [9.17, 15) is 18.0 Å². The van der Waals surface area contributed by atoms with Crippen molar-refractivity contribution < 1.29 is 13.2 Å². The van der Waals surface area contributed by atoms with Gasteiger partial charge in [-0.2, -0.15) is 22.7 Å². The van der Waals surface area contributed by atoms with Crippen molar-refractivity contribution in [2.45, 2.75) is 19.6 Å². The first-order chi connectivity index (χ1) is 8.35. The van der Waals surface area contributed by atoms with E-state index in [1.807, 2.05) is 0 Å². The first-order valence-electron chi connectivity index (χ1n) is 5.08. The number of halogens is 3. The van der Waals surface area contributed by atoms with Gasteiger partial charge in [0.25, 0.3) is 11.3 Å². The number of fused-ring (bicyclic) bond motifs is 1. The van der Waals surface area contributed by atoms with Crippen molar-refractivity contribution in [3.8, 4) is 0 Å². The molecule has 0 fully saturated rings. The Morgan fingerprint density at radius 2 is 2.17 bits per heavy atom. The molecule has 0 bridgehead atoms. The summed E-state index contributed by atoms with van der Waals surface area (Å²) in [5, 5.41) is 4.75. The maximum Gasteiger partial charge on any atom is 0.401 e. The van der Waals surface area contributed by atoms with Gasteiger partial charge in [-0.25, -0.2) is 4.98 Å². The number of nitrogens with one attached hydrogen (secondary N) is 2. The lowest BCUT2D eigenvalue weighted by Crippen LogP contribution is -2.28. The van der Waals surface area contributed by atoms with Crippen LogP contribution in [0, 0.1) is 6.92 Å². The Bertz CT molecular complexity index is 615. The van der Waals surface area contributed by atoms with Gasteiger partial charge in [0, 0.05) is 11.8 Å². The molecule has 2 aromatic rings. The van der Waals surface area contributed by atoms with Crippen molar-refractivity contribution in [1.29, 1.82) is 0 Å². The second-order valence-electron chi connectivity index (χ2n) is 3.76. The quantitative estimate of drug-likeness (QED) is 0.837. The average molecular weight is 261 g/mol. The second kappa shape index (κ2) is 4.41. The molecule has 2 aromatic heterocycles. The smallest absolute Gasteiger partial charge is 0.302 e. The van der Waals surface area contributed by atoms with Crippen LogP contribution in [0.2, 0.25) is 0 Å². The lowest BCUT2D eigenvalue weighted by molar-refractivity contribution is -0.125. The molecule has 0 aliphatic heterocycles. The second-order valence-corrected chi connectivity index (χ2v) is 3.76. The molecule has 98 valence electrons. The van der Waals surface area contributed by atoms with Crippen molar-refractivity contribution in [2.75, 3.05) is 6.54 Å². The zero-order valence-electron chi connectivity index (χ0n) is 9.38. The summed E-state index contributed by atoms with van der Waals surface area (Å²) in [6.45, 7) is 0.393. The Balaban J connectivity index is 2.16. The summed E-state index contributed by atoms with van der Waals surface area (Å²) in [6, 6.07) is 1.30. The van der Waals surface area contributed by atoms with E-state index < -0.39 is 12.7 Å². The van der Waals surface area contributed by atoms with Gasteiger partial charge in [-0.3, -0.25) is 9.89 Å². The first-order valence-corrected chi connectivity index (χ1v) is 5.08. The Kier molecular flexibility index (Phi) is 3.07. The molecule has 2 heterocycles. The number of hydrogen-bond donors (Lipinski definition) is 2. The third-order valence-electron chi connectivity index (χ3n) is 2.12. The zero-order valence-corrected chi connectivity index (χ0v) is 9.38.